The van der Waals surface area contributed by atoms with E-state index < -0.39 is 0 Å². The van der Waals surface area contributed by atoms with E-state index in [9.17, 15) is 0 Å². The van der Waals surface area contributed by atoms with Crippen LogP contribution in [0.3, 0.4) is 0 Å². The number of ether oxygens (including phenoxy) is 1. The average molecular weight is 1070 g/mol. The molecule has 79 heavy (non-hydrogen) atoms. The Hall–Kier alpha value is -7.25. The van der Waals surface area contributed by atoms with Crippen molar-refractivity contribution >= 4 is 116 Å². The van der Waals surface area contributed by atoms with Gasteiger partial charge in [-0.2, -0.15) is 0 Å². The molecule has 12 rings (SSSR count). The van der Waals surface area contributed by atoms with Gasteiger partial charge in [0.05, 0.1) is 18.4 Å². The number of fused-ring (bicyclic) bond motifs is 8. The van der Waals surface area contributed by atoms with Crippen molar-refractivity contribution in [3.05, 3.63) is 222 Å². The molecule has 0 N–H and O–H groups in total. The van der Waals surface area contributed by atoms with Crippen LogP contribution in [0, 0.1) is 0 Å². The Morgan fingerprint density at radius 1 is 0.759 bits per heavy atom. The molecule has 0 unspecified atom stereocenters. The molecule has 392 valence electrons. The molecule has 3 aliphatic rings. The highest BCUT2D eigenvalue weighted by molar-refractivity contribution is 8.00. The van der Waals surface area contributed by atoms with Gasteiger partial charge >= 0.3 is 0 Å². The average Bonchev–Trinajstić information content (AvgIpc) is 4.11. The number of nitrogens with zero attached hydrogens (tertiary/aromatic N) is 2. The van der Waals surface area contributed by atoms with Crippen LogP contribution in [0.4, 0.5) is 22.7 Å². The quantitative estimate of drug-likeness (QED) is 0.0706. The molecule has 1 atom stereocenters. The third kappa shape index (κ3) is 9.29. The minimum absolute atomic E-state index is 0.00287. The summed E-state index contributed by atoms with van der Waals surface area (Å²) < 4.78 is 13.4. The summed E-state index contributed by atoms with van der Waals surface area (Å²) in [6.45, 7) is 25.1. The molecular formula is C71H68B2N2O2S2. The molecule has 8 aromatic carbocycles. The second-order valence-electron chi connectivity index (χ2n) is 23.5. The lowest BCUT2D eigenvalue weighted by Gasteiger charge is -2.46. The van der Waals surface area contributed by atoms with Crippen molar-refractivity contribution in [1.29, 1.82) is 0 Å². The number of thiol groups is 1. The summed E-state index contributed by atoms with van der Waals surface area (Å²) in [6, 6.07) is 61.2. The molecule has 0 saturated heterocycles. The lowest BCUT2D eigenvalue weighted by molar-refractivity contribution is 0.190. The molecule has 0 saturated carbocycles. The molecule has 8 heteroatoms. The van der Waals surface area contributed by atoms with Gasteiger partial charge in [-0.1, -0.05) is 229 Å². The lowest BCUT2D eigenvalue weighted by Crippen LogP contribution is -2.61. The van der Waals surface area contributed by atoms with E-state index in [1.165, 1.54) is 70.3 Å². The molecule has 9 aromatic rings. The van der Waals surface area contributed by atoms with Crippen LogP contribution in [-0.4, -0.2) is 26.6 Å². The molecule has 1 aromatic heterocycles. The Bertz CT molecular complexity index is 3970. The second-order valence-corrected chi connectivity index (χ2v) is 25.0. The molecule has 0 amide bonds. The smallest absolute Gasteiger partial charge is 0.249 e. The van der Waals surface area contributed by atoms with E-state index in [-0.39, 0.29) is 23.6 Å². The van der Waals surface area contributed by atoms with Crippen molar-refractivity contribution in [2.24, 2.45) is 0 Å². The van der Waals surface area contributed by atoms with Crippen LogP contribution in [0.2, 0.25) is 0 Å². The second kappa shape index (κ2) is 20.8. The zero-order valence-corrected chi connectivity index (χ0v) is 48.8. The van der Waals surface area contributed by atoms with Crippen LogP contribution in [-0.2, 0) is 15.6 Å². The van der Waals surface area contributed by atoms with E-state index in [1.807, 2.05) is 17.8 Å². The predicted octanol–water partition coefficient (Wildman–Crippen LogP) is 15.7. The van der Waals surface area contributed by atoms with Gasteiger partial charge in [-0.05, 0) is 105 Å². The number of para-hydroxylation sites is 2. The molecule has 2 aliphatic heterocycles. The maximum absolute atomic E-state index is 6.97. The Morgan fingerprint density at radius 3 is 2.16 bits per heavy atom. The highest BCUT2D eigenvalue weighted by Crippen LogP contribution is 2.50. The fraction of sp³-hybridized carbons (Fsp3) is 0.211. The summed E-state index contributed by atoms with van der Waals surface area (Å²) in [5.41, 5.74) is 22.3. The molecule has 0 radical (unpaired) electrons. The first-order chi connectivity index (χ1) is 38.2. The molecule has 0 spiro atoms. The van der Waals surface area contributed by atoms with Gasteiger partial charge in [0, 0.05) is 72.6 Å². The summed E-state index contributed by atoms with van der Waals surface area (Å²) in [5.74, 6) is 1.11. The van der Waals surface area contributed by atoms with Crippen molar-refractivity contribution in [1.82, 2.24) is 0 Å². The third-order valence-corrected chi connectivity index (χ3v) is 18.2. The number of hydrogen-bond acceptors (Lipinski definition) is 6. The van der Waals surface area contributed by atoms with Gasteiger partial charge in [0.25, 0.3) is 0 Å². The van der Waals surface area contributed by atoms with Crippen LogP contribution in [0.25, 0.3) is 38.6 Å². The van der Waals surface area contributed by atoms with Gasteiger partial charge in [-0.25, -0.2) is 0 Å². The van der Waals surface area contributed by atoms with Crippen molar-refractivity contribution in [2.75, 3.05) is 16.4 Å². The van der Waals surface area contributed by atoms with E-state index in [1.54, 1.807) is 0 Å². The van der Waals surface area contributed by atoms with Crippen LogP contribution < -0.4 is 37.1 Å². The molecule has 0 bridgehead atoms. The highest BCUT2D eigenvalue weighted by atomic mass is 32.2. The maximum atomic E-state index is 6.97. The Morgan fingerprint density at radius 2 is 1.44 bits per heavy atom. The number of allylic oxidation sites excluding steroid dienone is 5. The van der Waals surface area contributed by atoms with Gasteiger partial charge in [-0.3, -0.25) is 0 Å². The van der Waals surface area contributed by atoms with E-state index >= 15 is 0 Å². The SMILES string of the molecule is C=C/C=C\C(=C(/C)N1c2cc(N(c3ccccc3-c3ccc(C(C)(C)C)cc3)[C@H]3CC(OCC)=C3CC)c(Bc3ccccc3S)cc2B2c3ccccc3Sc3c2c1cc1oc2ccccc2c31)c1ccc(C(C)(C)C)cc1. The lowest BCUT2D eigenvalue weighted by atomic mass is 9.34. The monoisotopic (exact) mass is 1070 g/mol. The van der Waals surface area contributed by atoms with Gasteiger partial charge in [0.2, 0.25) is 6.71 Å². The Balaban J connectivity index is 1.21. The van der Waals surface area contributed by atoms with Crippen LogP contribution in [0.1, 0.15) is 91.8 Å². The predicted molar refractivity (Wildman–Crippen MR) is 345 cm³/mol. The molecule has 1 aliphatic carbocycles. The van der Waals surface area contributed by atoms with E-state index in [0.29, 0.717) is 13.9 Å². The first-order valence-electron chi connectivity index (χ1n) is 28.1. The largest absolute Gasteiger partial charge is 0.498 e. The first kappa shape index (κ1) is 52.4. The zero-order chi connectivity index (χ0) is 54.9. The fourth-order valence-electron chi connectivity index (χ4n) is 12.5. The number of benzene rings is 8. The van der Waals surface area contributed by atoms with Crippen molar-refractivity contribution < 1.29 is 9.15 Å². The number of hydrogen-bond donors (Lipinski definition) is 1. The summed E-state index contributed by atoms with van der Waals surface area (Å²) in [5, 5.41) is 2.30. The van der Waals surface area contributed by atoms with Crippen LogP contribution in [0.5, 0.6) is 0 Å². The van der Waals surface area contributed by atoms with E-state index in [4.69, 9.17) is 21.8 Å². The van der Waals surface area contributed by atoms with Gasteiger partial charge in [0.15, 0.2) is 7.28 Å². The molecule has 4 nitrogen and oxygen atoms in total. The van der Waals surface area contributed by atoms with Gasteiger partial charge in [0.1, 0.15) is 11.2 Å². The summed E-state index contributed by atoms with van der Waals surface area (Å²) in [6.07, 6.45) is 7.87. The third-order valence-electron chi connectivity index (χ3n) is 16.6. The van der Waals surface area contributed by atoms with E-state index in [2.05, 4.69) is 255 Å². The number of anilines is 4. The Kier molecular flexibility index (Phi) is 13.8. The summed E-state index contributed by atoms with van der Waals surface area (Å²) in [7, 11) is 0.675. The van der Waals surface area contributed by atoms with E-state index in [0.717, 1.165) is 79.6 Å². The zero-order valence-electron chi connectivity index (χ0n) is 47.1. The van der Waals surface area contributed by atoms with Crippen molar-refractivity contribution in [3.8, 4) is 11.1 Å². The first-order valence-corrected chi connectivity index (χ1v) is 29.4. The van der Waals surface area contributed by atoms with Gasteiger partial charge < -0.3 is 19.0 Å². The summed E-state index contributed by atoms with van der Waals surface area (Å²) >= 11 is 7.05. The minimum atomic E-state index is -0.0849. The fourth-order valence-corrected chi connectivity index (χ4v) is 14.1. The van der Waals surface area contributed by atoms with Crippen LogP contribution >= 0.6 is 24.4 Å². The molecular weight excluding hydrogens is 999 g/mol. The topological polar surface area (TPSA) is 28.9 Å². The minimum Gasteiger partial charge on any atom is -0.498 e. The van der Waals surface area contributed by atoms with Crippen molar-refractivity contribution in [2.45, 2.75) is 107 Å². The highest BCUT2D eigenvalue weighted by Gasteiger charge is 2.45. The van der Waals surface area contributed by atoms with Gasteiger partial charge in [-0.15, -0.1) is 12.6 Å². The standard InChI is InChI=1S/C71H68B2N2O2S2/c1-11-14-23-50(45-32-36-47(37-33-45)70(5,6)7)44(4)74-60-41-59(75(58-42-63(76-13-3)49(58)12-2)57-28-19-15-24-51(57)46-34-38-48(39-35-46)71(8,9)10)54(72-53-26-17-21-30-65(53)78)40-56(60)73-55-27-18-22-31-66(55)79-69-67-52-25-16-20-29-62(52)77-64(67)43-61(74)68(69)73/h11,14-41,43,58,72,78H,1,12-13,42H2,2-10H3/b23-14-,50-44-/t58-/m0/s1. The number of rotatable bonds is 13. The number of furan rings is 1. The molecule has 0 fully saturated rings. The normalized spacial score (nSPS) is 15.2. The summed E-state index contributed by atoms with van der Waals surface area (Å²) in [4.78, 5) is 8.74. The molecule has 3 heterocycles. The maximum Gasteiger partial charge on any atom is 0.249 e. The van der Waals surface area contributed by atoms with Crippen molar-refractivity contribution in [3.63, 3.8) is 0 Å². The van der Waals surface area contributed by atoms with Crippen LogP contribution in [0.15, 0.2) is 225 Å². The Labute approximate surface area is 478 Å².